The van der Waals surface area contributed by atoms with E-state index >= 15 is 0 Å². The lowest BCUT2D eigenvalue weighted by Crippen LogP contribution is -2.14. The summed E-state index contributed by atoms with van der Waals surface area (Å²) in [5.74, 6) is -0.297. The van der Waals surface area contributed by atoms with E-state index in [9.17, 15) is 14.9 Å². The van der Waals surface area contributed by atoms with Gasteiger partial charge in [-0.05, 0) is 34.1 Å². The Morgan fingerprint density at radius 2 is 1.90 bits per heavy atom. The summed E-state index contributed by atoms with van der Waals surface area (Å²) in [7, 11) is 1.73. The number of halogens is 1. The lowest BCUT2D eigenvalue weighted by molar-refractivity contribution is -0.384. The summed E-state index contributed by atoms with van der Waals surface area (Å²) in [5.41, 5.74) is 1.62. The Labute approximate surface area is 129 Å². The molecule has 1 amide bonds. The molecule has 21 heavy (non-hydrogen) atoms. The maximum atomic E-state index is 12.3. The summed E-state index contributed by atoms with van der Waals surface area (Å²) in [5, 5.41) is 16.3. The van der Waals surface area contributed by atoms with Crippen LogP contribution >= 0.6 is 15.9 Å². The van der Waals surface area contributed by atoms with Gasteiger partial charge < -0.3 is 10.6 Å². The van der Waals surface area contributed by atoms with Crippen molar-refractivity contribution in [3.63, 3.8) is 0 Å². The number of carbonyl (C=O) groups is 1. The van der Waals surface area contributed by atoms with Crippen molar-refractivity contribution < 1.29 is 9.72 Å². The number of nitrogens with one attached hydrogen (secondary N) is 2. The number of amides is 1. The Kier molecular flexibility index (Phi) is 4.54. The lowest BCUT2D eigenvalue weighted by Gasteiger charge is -2.10. The summed E-state index contributed by atoms with van der Waals surface area (Å²) in [4.78, 5) is 22.4. The van der Waals surface area contributed by atoms with Gasteiger partial charge in [-0.3, -0.25) is 14.9 Å². The van der Waals surface area contributed by atoms with Crippen molar-refractivity contribution in [3.05, 3.63) is 62.6 Å². The molecule has 0 aromatic heterocycles. The second-order valence-corrected chi connectivity index (χ2v) is 5.03. The van der Waals surface area contributed by atoms with Crippen LogP contribution in [0.2, 0.25) is 0 Å². The minimum absolute atomic E-state index is 0.0458. The number of hydrogen-bond acceptors (Lipinski definition) is 4. The molecule has 0 aliphatic carbocycles. The third-order valence-corrected chi connectivity index (χ3v) is 3.51. The van der Waals surface area contributed by atoms with Gasteiger partial charge in [-0.2, -0.15) is 0 Å². The molecule has 2 N–H and O–H groups in total. The van der Waals surface area contributed by atoms with Crippen molar-refractivity contribution in [2.24, 2.45) is 0 Å². The minimum atomic E-state index is -0.493. The molecule has 0 bridgehead atoms. The third-order valence-electron chi connectivity index (χ3n) is 2.85. The van der Waals surface area contributed by atoms with Gasteiger partial charge in [-0.1, -0.05) is 12.1 Å². The predicted octanol–water partition coefficient (Wildman–Crippen LogP) is 3.65. The molecule has 0 fully saturated rings. The van der Waals surface area contributed by atoms with E-state index in [0.29, 0.717) is 21.4 Å². The van der Waals surface area contributed by atoms with Gasteiger partial charge in [-0.25, -0.2) is 0 Å². The van der Waals surface area contributed by atoms with Crippen LogP contribution in [0.15, 0.2) is 46.9 Å². The van der Waals surface area contributed by atoms with Crippen LogP contribution in [-0.2, 0) is 0 Å². The molecule has 0 aliphatic rings. The van der Waals surface area contributed by atoms with E-state index in [1.807, 2.05) is 6.07 Å². The maximum absolute atomic E-state index is 12.3. The first-order valence-corrected chi connectivity index (χ1v) is 6.84. The van der Waals surface area contributed by atoms with Gasteiger partial charge in [0.15, 0.2) is 0 Å². The number of nitro groups is 1. The third kappa shape index (κ3) is 3.38. The normalized spacial score (nSPS) is 10.0. The van der Waals surface area contributed by atoms with Gasteiger partial charge in [0.2, 0.25) is 0 Å². The van der Waals surface area contributed by atoms with E-state index in [2.05, 4.69) is 26.6 Å². The Hall–Kier alpha value is -2.41. The zero-order valence-corrected chi connectivity index (χ0v) is 12.7. The first-order chi connectivity index (χ1) is 10.0. The summed E-state index contributed by atoms with van der Waals surface area (Å²) in [6.07, 6.45) is 0. The van der Waals surface area contributed by atoms with Gasteiger partial charge in [-0.15, -0.1) is 0 Å². The molecule has 0 unspecified atom stereocenters. The van der Waals surface area contributed by atoms with E-state index < -0.39 is 4.92 Å². The fourth-order valence-electron chi connectivity index (χ4n) is 1.81. The molecule has 0 spiro atoms. The highest BCUT2D eigenvalue weighted by molar-refractivity contribution is 9.10. The van der Waals surface area contributed by atoms with Crippen molar-refractivity contribution in [2.45, 2.75) is 0 Å². The number of para-hydroxylation sites is 1. The maximum Gasteiger partial charge on any atom is 0.270 e. The highest BCUT2D eigenvalue weighted by Crippen LogP contribution is 2.28. The smallest absolute Gasteiger partial charge is 0.270 e. The molecule has 2 aromatic carbocycles. The molecule has 7 heteroatoms. The molecule has 108 valence electrons. The van der Waals surface area contributed by atoms with Crippen molar-refractivity contribution in [1.29, 1.82) is 0 Å². The number of carbonyl (C=O) groups excluding carboxylic acids is 1. The molecule has 2 aromatic rings. The average Bonchev–Trinajstić information content (AvgIpc) is 2.48. The van der Waals surface area contributed by atoms with Gasteiger partial charge in [0, 0.05) is 29.3 Å². The molecule has 0 saturated carbocycles. The Morgan fingerprint density at radius 3 is 2.52 bits per heavy atom. The fourth-order valence-corrected chi connectivity index (χ4v) is 2.27. The largest absolute Gasteiger partial charge is 0.387 e. The summed E-state index contributed by atoms with van der Waals surface area (Å²) >= 11 is 3.22. The van der Waals surface area contributed by atoms with E-state index in [0.717, 1.165) is 0 Å². The zero-order valence-electron chi connectivity index (χ0n) is 11.1. The standard InChI is InChI=1S/C14H12BrN3O3/c1-16-12-5-3-2-4-10(12)14(19)17-13-7-6-9(18(20)21)8-11(13)15/h2-8,16H,1H3,(H,17,19). The number of hydrogen-bond donors (Lipinski definition) is 2. The monoisotopic (exact) mass is 349 g/mol. The molecule has 0 aliphatic heterocycles. The number of anilines is 2. The van der Waals surface area contributed by atoms with Gasteiger partial charge in [0.25, 0.3) is 11.6 Å². The summed E-state index contributed by atoms with van der Waals surface area (Å²) in [6.45, 7) is 0. The predicted molar refractivity (Wildman–Crippen MR) is 84.7 cm³/mol. The Balaban J connectivity index is 2.26. The van der Waals surface area contributed by atoms with Crippen LogP contribution < -0.4 is 10.6 Å². The van der Waals surface area contributed by atoms with Crippen LogP contribution in [-0.4, -0.2) is 17.9 Å². The van der Waals surface area contributed by atoms with Crippen molar-refractivity contribution in [1.82, 2.24) is 0 Å². The number of rotatable bonds is 4. The van der Waals surface area contributed by atoms with Crippen molar-refractivity contribution >= 4 is 38.9 Å². The van der Waals surface area contributed by atoms with E-state index in [-0.39, 0.29) is 11.6 Å². The summed E-state index contributed by atoms with van der Waals surface area (Å²) in [6, 6.07) is 11.2. The number of benzene rings is 2. The van der Waals surface area contributed by atoms with Gasteiger partial charge in [0.1, 0.15) is 0 Å². The molecular weight excluding hydrogens is 338 g/mol. The fraction of sp³-hybridized carbons (Fsp3) is 0.0714. The van der Waals surface area contributed by atoms with Crippen molar-refractivity contribution in [3.8, 4) is 0 Å². The van der Waals surface area contributed by atoms with Crippen LogP contribution in [0.3, 0.4) is 0 Å². The van der Waals surface area contributed by atoms with Crippen LogP contribution in [0.1, 0.15) is 10.4 Å². The number of nitro benzene ring substituents is 1. The molecule has 0 atom stereocenters. The van der Waals surface area contributed by atoms with Crippen LogP contribution in [0.25, 0.3) is 0 Å². The van der Waals surface area contributed by atoms with E-state index in [4.69, 9.17) is 0 Å². The van der Waals surface area contributed by atoms with Gasteiger partial charge >= 0.3 is 0 Å². The first-order valence-electron chi connectivity index (χ1n) is 6.05. The SMILES string of the molecule is CNc1ccccc1C(=O)Nc1ccc([N+](=O)[O-])cc1Br. The lowest BCUT2D eigenvalue weighted by atomic mass is 10.1. The number of nitrogens with zero attached hydrogens (tertiary/aromatic N) is 1. The van der Waals surface area contributed by atoms with Crippen LogP contribution in [0, 0.1) is 10.1 Å². The average molecular weight is 350 g/mol. The van der Waals surface area contributed by atoms with E-state index in [1.54, 1.807) is 25.2 Å². The molecule has 0 saturated heterocycles. The Bertz CT molecular complexity index is 704. The topological polar surface area (TPSA) is 84.3 Å². The zero-order chi connectivity index (χ0) is 15.4. The second kappa shape index (κ2) is 6.36. The minimum Gasteiger partial charge on any atom is -0.387 e. The van der Waals surface area contributed by atoms with E-state index in [1.165, 1.54) is 18.2 Å². The van der Waals surface area contributed by atoms with Crippen molar-refractivity contribution in [2.75, 3.05) is 17.7 Å². The second-order valence-electron chi connectivity index (χ2n) is 4.17. The first kappa shape index (κ1) is 15.0. The molecule has 0 radical (unpaired) electrons. The summed E-state index contributed by atoms with van der Waals surface area (Å²) < 4.78 is 0.451. The molecule has 0 heterocycles. The molecular formula is C14H12BrN3O3. The molecule has 2 rings (SSSR count). The Morgan fingerprint density at radius 1 is 1.19 bits per heavy atom. The van der Waals surface area contributed by atoms with Gasteiger partial charge in [0.05, 0.1) is 16.2 Å². The highest BCUT2D eigenvalue weighted by Gasteiger charge is 2.14. The quantitative estimate of drug-likeness (QED) is 0.651. The highest BCUT2D eigenvalue weighted by atomic mass is 79.9. The molecule has 6 nitrogen and oxygen atoms in total. The van der Waals surface area contributed by atoms with Crippen LogP contribution in [0.5, 0.6) is 0 Å². The number of non-ortho nitro benzene ring substituents is 1. The van der Waals surface area contributed by atoms with Crippen LogP contribution in [0.4, 0.5) is 17.1 Å².